The van der Waals surface area contributed by atoms with Gasteiger partial charge in [-0.2, -0.15) is 0 Å². The van der Waals surface area contributed by atoms with Crippen LogP contribution in [0.5, 0.6) is 0 Å². The average Bonchev–Trinajstić information content (AvgIpc) is 2.83. The van der Waals surface area contributed by atoms with Crippen LogP contribution < -0.4 is 0 Å². The van der Waals surface area contributed by atoms with Crippen LogP contribution in [0, 0.1) is 0 Å². The van der Waals surface area contributed by atoms with Crippen molar-refractivity contribution in [3.05, 3.63) is 11.6 Å². The van der Waals surface area contributed by atoms with Gasteiger partial charge >= 0.3 is 0 Å². The summed E-state index contributed by atoms with van der Waals surface area (Å²) in [5.74, 6) is 0. The topological polar surface area (TPSA) is 17.1 Å². The molecule has 0 fully saturated rings. The molecular formula is C32H62O. The quantitative estimate of drug-likeness (QED) is 0.0641. The normalized spacial score (nSPS) is 11.9. The number of hydrogen-bond donors (Lipinski definition) is 0. The molecule has 0 rings (SSSR count). The van der Waals surface area contributed by atoms with Crippen LogP contribution in [0.2, 0.25) is 0 Å². The van der Waals surface area contributed by atoms with Crippen molar-refractivity contribution in [3.8, 4) is 0 Å². The summed E-state index contributed by atoms with van der Waals surface area (Å²) in [7, 11) is 0. The van der Waals surface area contributed by atoms with Gasteiger partial charge in [0.15, 0.2) is 0 Å². The van der Waals surface area contributed by atoms with Crippen molar-refractivity contribution in [1.29, 1.82) is 0 Å². The minimum atomic E-state index is 0.999. The van der Waals surface area contributed by atoms with Gasteiger partial charge in [-0.05, 0) is 31.3 Å². The fourth-order valence-electron chi connectivity index (χ4n) is 4.83. The van der Waals surface area contributed by atoms with Gasteiger partial charge in [0.25, 0.3) is 0 Å². The second-order valence-corrected chi connectivity index (χ2v) is 10.6. The smallest absolute Gasteiger partial charge is 0.145 e. The highest BCUT2D eigenvalue weighted by Crippen LogP contribution is 2.16. The maximum atomic E-state index is 11.3. The van der Waals surface area contributed by atoms with E-state index in [2.05, 4.69) is 19.9 Å². The van der Waals surface area contributed by atoms with Crippen molar-refractivity contribution in [2.75, 3.05) is 0 Å². The van der Waals surface area contributed by atoms with Crippen molar-refractivity contribution in [2.24, 2.45) is 0 Å². The molecule has 0 heterocycles. The van der Waals surface area contributed by atoms with Gasteiger partial charge in [0, 0.05) is 0 Å². The van der Waals surface area contributed by atoms with Gasteiger partial charge in [-0.1, -0.05) is 168 Å². The lowest BCUT2D eigenvalue weighted by Crippen LogP contribution is -1.88. The minimum absolute atomic E-state index is 0.999. The van der Waals surface area contributed by atoms with Crippen molar-refractivity contribution < 1.29 is 4.79 Å². The van der Waals surface area contributed by atoms with Gasteiger partial charge in [0.2, 0.25) is 0 Å². The monoisotopic (exact) mass is 462 g/mol. The molecule has 0 radical (unpaired) electrons. The first-order chi connectivity index (χ1) is 16.3. The van der Waals surface area contributed by atoms with Gasteiger partial charge in [0.1, 0.15) is 6.29 Å². The molecule has 1 nitrogen and oxygen atoms in total. The molecule has 196 valence electrons. The number of carbonyl (C=O) groups is 1. The Kier molecular flexibility index (Phi) is 28.9. The molecule has 0 aliphatic rings. The number of hydrogen-bond acceptors (Lipinski definition) is 1. The summed E-state index contributed by atoms with van der Waals surface area (Å²) in [5.41, 5.74) is 1.06. The number of carbonyl (C=O) groups excluding carboxylic acids is 1. The van der Waals surface area contributed by atoms with E-state index in [0.717, 1.165) is 24.7 Å². The van der Waals surface area contributed by atoms with E-state index >= 15 is 0 Å². The molecular weight excluding hydrogens is 400 g/mol. The molecule has 0 aromatic carbocycles. The summed E-state index contributed by atoms with van der Waals surface area (Å²) in [5, 5.41) is 0. The molecule has 0 atom stereocenters. The Morgan fingerprint density at radius 2 is 0.727 bits per heavy atom. The van der Waals surface area contributed by atoms with Crippen LogP contribution in [-0.4, -0.2) is 6.29 Å². The average molecular weight is 463 g/mol. The van der Waals surface area contributed by atoms with E-state index in [1.807, 2.05) is 0 Å². The summed E-state index contributed by atoms with van der Waals surface area (Å²) < 4.78 is 0. The largest absolute Gasteiger partial charge is 0.298 e. The summed E-state index contributed by atoms with van der Waals surface area (Å²) >= 11 is 0. The third-order valence-electron chi connectivity index (χ3n) is 7.18. The van der Waals surface area contributed by atoms with Crippen molar-refractivity contribution in [3.63, 3.8) is 0 Å². The molecule has 0 saturated heterocycles. The van der Waals surface area contributed by atoms with Gasteiger partial charge in [-0.3, -0.25) is 4.79 Å². The molecule has 1 heteroatoms. The first kappa shape index (κ1) is 32.4. The molecule has 0 N–H and O–H groups in total. The first-order valence-electron chi connectivity index (χ1n) is 15.5. The van der Waals surface area contributed by atoms with E-state index in [4.69, 9.17) is 0 Å². The molecule has 0 unspecified atom stereocenters. The molecule has 0 aromatic heterocycles. The lowest BCUT2D eigenvalue weighted by molar-refractivity contribution is -0.105. The lowest BCUT2D eigenvalue weighted by Gasteiger charge is -2.04. The Labute approximate surface area is 210 Å². The number of rotatable bonds is 28. The Morgan fingerprint density at radius 1 is 0.424 bits per heavy atom. The fraction of sp³-hybridized carbons (Fsp3) is 0.906. The predicted molar refractivity (Wildman–Crippen MR) is 150 cm³/mol. The minimum Gasteiger partial charge on any atom is -0.298 e. The van der Waals surface area contributed by atoms with Crippen LogP contribution in [-0.2, 0) is 4.79 Å². The molecule has 0 aliphatic heterocycles. The number of aldehydes is 1. The molecule has 0 aromatic rings. The third-order valence-corrected chi connectivity index (χ3v) is 7.18. The number of unbranched alkanes of at least 4 members (excludes halogenated alkanes) is 24. The maximum Gasteiger partial charge on any atom is 0.145 e. The summed E-state index contributed by atoms with van der Waals surface area (Å²) in [6.07, 6.45) is 40.2. The van der Waals surface area contributed by atoms with Crippen LogP contribution in [0.4, 0.5) is 0 Å². The van der Waals surface area contributed by atoms with Crippen LogP contribution in [0.1, 0.15) is 187 Å². The molecule has 33 heavy (non-hydrogen) atoms. The summed E-state index contributed by atoms with van der Waals surface area (Å²) in [4.78, 5) is 11.3. The van der Waals surface area contributed by atoms with E-state index in [0.29, 0.717) is 0 Å². The Morgan fingerprint density at radius 3 is 1.06 bits per heavy atom. The van der Waals surface area contributed by atoms with E-state index in [9.17, 15) is 4.79 Å². The van der Waals surface area contributed by atoms with Crippen LogP contribution in [0.15, 0.2) is 11.6 Å². The SMILES string of the molecule is CCCCCCCCCCCCCCCCC=C(C=O)CCCCCCCCCCCCC. The number of allylic oxidation sites excluding steroid dienone is 2. The van der Waals surface area contributed by atoms with Crippen LogP contribution in [0.25, 0.3) is 0 Å². The molecule has 0 amide bonds. The fourth-order valence-corrected chi connectivity index (χ4v) is 4.83. The third kappa shape index (κ3) is 27.5. The van der Waals surface area contributed by atoms with Gasteiger partial charge in [-0.25, -0.2) is 0 Å². The highest BCUT2D eigenvalue weighted by atomic mass is 16.1. The molecule has 0 spiro atoms. The van der Waals surface area contributed by atoms with Crippen molar-refractivity contribution in [1.82, 2.24) is 0 Å². The Balaban J connectivity index is 3.35. The van der Waals surface area contributed by atoms with Crippen molar-refractivity contribution >= 4 is 6.29 Å². The maximum absolute atomic E-state index is 11.3. The predicted octanol–water partition coefficient (Wildman–Crippen LogP) is 11.7. The van der Waals surface area contributed by atoms with Gasteiger partial charge in [-0.15, -0.1) is 0 Å². The zero-order chi connectivity index (χ0) is 24.1. The molecule has 0 saturated carbocycles. The second-order valence-electron chi connectivity index (χ2n) is 10.6. The lowest BCUT2D eigenvalue weighted by atomic mass is 10.0. The van der Waals surface area contributed by atoms with Crippen LogP contribution in [0.3, 0.4) is 0 Å². The first-order valence-corrected chi connectivity index (χ1v) is 15.5. The van der Waals surface area contributed by atoms with Gasteiger partial charge < -0.3 is 0 Å². The van der Waals surface area contributed by atoms with E-state index in [1.165, 1.54) is 161 Å². The van der Waals surface area contributed by atoms with Gasteiger partial charge in [0.05, 0.1) is 0 Å². The summed E-state index contributed by atoms with van der Waals surface area (Å²) in [6, 6.07) is 0. The van der Waals surface area contributed by atoms with Crippen molar-refractivity contribution in [2.45, 2.75) is 187 Å². The van der Waals surface area contributed by atoms with Crippen LogP contribution >= 0.6 is 0 Å². The standard InChI is InChI=1S/C32H62O/c1-3-5-7-9-11-13-15-16-17-18-20-22-24-26-28-30-32(31-33)29-27-25-23-21-19-14-12-10-8-6-4-2/h30-31H,3-29H2,1-2H3. The molecule has 0 aliphatic carbocycles. The zero-order valence-electron chi connectivity index (χ0n) is 23.2. The van der Waals surface area contributed by atoms with E-state index in [1.54, 1.807) is 0 Å². The van der Waals surface area contributed by atoms with E-state index in [-0.39, 0.29) is 0 Å². The highest BCUT2D eigenvalue weighted by molar-refractivity contribution is 5.72. The van der Waals surface area contributed by atoms with E-state index < -0.39 is 0 Å². The zero-order valence-corrected chi connectivity index (χ0v) is 23.2. The second kappa shape index (κ2) is 29.4. The summed E-state index contributed by atoms with van der Waals surface area (Å²) in [6.45, 7) is 4.57. The Bertz CT molecular complexity index is 397. The highest BCUT2D eigenvalue weighted by Gasteiger charge is 1.98. The molecule has 0 bridgehead atoms. The Hall–Kier alpha value is -0.590.